The number of rotatable bonds is 9. The molecule has 16 heteroatoms. The highest BCUT2D eigenvalue weighted by atomic mass is 32.2. The molecule has 2 atom stereocenters. The van der Waals surface area contributed by atoms with E-state index in [1.807, 2.05) is 0 Å². The predicted molar refractivity (Wildman–Crippen MR) is 125 cm³/mol. The number of carboxylic acids is 1. The maximum atomic E-state index is 12.8. The number of para-hydroxylation sites is 1. The minimum Gasteiger partial charge on any atom is -0.477 e. The van der Waals surface area contributed by atoms with Crippen molar-refractivity contribution < 1.29 is 36.9 Å². The molecule has 2 aromatic rings. The minimum absolute atomic E-state index is 0.0128. The topological polar surface area (TPSA) is 206 Å². The maximum absolute atomic E-state index is 12.8. The molecule has 1 aromatic carbocycles. The van der Waals surface area contributed by atoms with Gasteiger partial charge in [0.2, 0.25) is 11.8 Å². The fourth-order valence-corrected chi connectivity index (χ4v) is 6.24. The Hall–Kier alpha value is -3.08. The Morgan fingerprint density at radius 1 is 1.31 bits per heavy atom. The molecule has 1 unspecified atom stereocenters. The number of anilines is 1. The highest BCUT2D eigenvalue weighted by Gasteiger charge is 2.54. The molecule has 0 aliphatic carbocycles. The lowest BCUT2D eigenvalue weighted by molar-refractivity contribution is -0.150. The molecule has 35 heavy (non-hydrogen) atoms. The quantitative estimate of drug-likeness (QED) is 0.144. The van der Waals surface area contributed by atoms with Gasteiger partial charge < -0.3 is 20.6 Å². The van der Waals surface area contributed by atoms with Crippen LogP contribution in [0.5, 0.6) is 0 Å². The number of carbonyl (C=O) groups excluding carboxylic acids is 2. The summed E-state index contributed by atoms with van der Waals surface area (Å²) < 4.78 is 35.8. The van der Waals surface area contributed by atoms with Crippen molar-refractivity contribution in [2.45, 2.75) is 28.8 Å². The summed E-state index contributed by atoms with van der Waals surface area (Å²) in [7, 11) is -4.34. The first-order valence-electron chi connectivity index (χ1n) is 9.96. The highest BCUT2D eigenvalue weighted by Crippen LogP contribution is 2.41. The first-order chi connectivity index (χ1) is 16.5. The summed E-state index contributed by atoms with van der Waals surface area (Å²) in [4.78, 5) is 38.3. The summed E-state index contributed by atoms with van der Waals surface area (Å²) in [5.41, 5.74) is 7.19. The zero-order valence-electron chi connectivity index (χ0n) is 17.8. The van der Waals surface area contributed by atoms with Crippen LogP contribution < -0.4 is 11.1 Å². The van der Waals surface area contributed by atoms with Gasteiger partial charge in [-0.15, -0.1) is 22.0 Å². The number of nitrogens with two attached hydrogens (primary N) is 1. The number of nitrogens with zero attached hydrogens (tertiary/aromatic N) is 3. The van der Waals surface area contributed by atoms with Crippen LogP contribution in [0.4, 0.5) is 5.69 Å². The van der Waals surface area contributed by atoms with Gasteiger partial charge in [0.25, 0.3) is 21.2 Å². The van der Waals surface area contributed by atoms with Crippen molar-refractivity contribution in [2.75, 3.05) is 17.2 Å². The van der Waals surface area contributed by atoms with E-state index in [2.05, 4.69) is 15.5 Å². The Morgan fingerprint density at radius 3 is 2.74 bits per heavy atom. The average Bonchev–Trinajstić information content (AvgIpc) is 3.22. The van der Waals surface area contributed by atoms with Gasteiger partial charge in [-0.05, 0) is 17.2 Å². The lowest BCUT2D eigenvalue weighted by Gasteiger charge is -2.49. The van der Waals surface area contributed by atoms with Crippen molar-refractivity contribution in [1.29, 1.82) is 0 Å². The van der Waals surface area contributed by atoms with E-state index in [1.54, 1.807) is 24.3 Å². The second-order valence-corrected chi connectivity index (χ2v) is 11.0. The van der Waals surface area contributed by atoms with Crippen molar-refractivity contribution in [3.05, 3.63) is 47.0 Å². The number of nitrogens with one attached hydrogen (secondary N) is 1. The normalized spacial score (nSPS) is 19.8. The molecule has 2 aliphatic rings. The molecule has 2 amide bonds. The Balaban J connectivity index is 1.41. The molecule has 0 saturated carbocycles. The van der Waals surface area contributed by atoms with Crippen molar-refractivity contribution in [2.24, 2.45) is 0 Å². The predicted octanol–water partition coefficient (Wildman–Crippen LogP) is 0.113. The van der Waals surface area contributed by atoms with Crippen LogP contribution in [0.25, 0.3) is 0 Å². The number of fused-ring (bicyclic) bond motifs is 1. The molecule has 1 saturated heterocycles. The van der Waals surface area contributed by atoms with Gasteiger partial charge in [0.15, 0.2) is 5.75 Å². The van der Waals surface area contributed by atoms with E-state index in [-0.39, 0.29) is 34.7 Å². The molecule has 3 heterocycles. The van der Waals surface area contributed by atoms with E-state index in [0.717, 1.165) is 16.7 Å². The van der Waals surface area contributed by atoms with Gasteiger partial charge in [0.1, 0.15) is 17.1 Å². The van der Waals surface area contributed by atoms with Crippen LogP contribution in [0.15, 0.2) is 45.2 Å². The maximum Gasteiger partial charge on any atom is 0.352 e. The molecule has 0 radical (unpaired) electrons. The van der Waals surface area contributed by atoms with Gasteiger partial charge in [-0.1, -0.05) is 30.0 Å². The smallest absolute Gasteiger partial charge is 0.352 e. The fourth-order valence-electron chi connectivity index (χ4n) is 3.55. The number of amides is 2. The molecule has 0 spiro atoms. The lowest BCUT2D eigenvalue weighted by Crippen LogP contribution is -2.70. The molecular formula is C19H19N5O8S3. The van der Waals surface area contributed by atoms with Crippen LogP contribution in [-0.4, -0.2) is 73.9 Å². The average molecular weight is 542 g/mol. The number of benzene rings is 1. The summed E-state index contributed by atoms with van der Waals surface area (Å²) in [6.45, 7) is 0. The first kappa shape index (κ1) is 25.0. The number of β-lactam (4-membered cyclic amide) rings is 1. The zero-order valence-corrected chi connectivity index (χ0v) is 20.2. The summed E-state index contributed by atoms with van der Waals surface area (Å²) in [6, 6.07) is 6.01. The Labute approximate surface area is 207 Å². The standard InChI is InChI=1S/C19H19N5O8S3/c20-11-4-2-1-3-9(11)5-12(25)21-14-16(26)24-15(18(27)28)10(6-33-17(14)24)7-34-19-23-22-13(32-19)8-35(29,30)31/h1-4,14,17H,5-8,20H2,(H,21,25)(H,27,28)(H,29,30,31)/t14?,17-/m1/s1. The van der Waals surface area contributed by atoms with E-state index in [1.165, 1.54) is 11.8 Å². The van der Waals surface area contributed by atoms with Gasteiger partial charge in [-0.25, -0.2) is 4.79 Å². The highest BCUT2D eigenvalue weighted by molar-refractivity contribution is 8.01. The van der Waals surface area contributed by atoms with E-state index < -0.39 is 45.1 Å². The molecule has 13 nitrogen and oxygen atoms in total. The van der Waals surface area contributed by atoms with Crippen molar-refractivity contribution >= 4 is 57.1 Å². The van der Waals surface area contributed by atoms with E-state index in [9.17, 15) is 27.9 Å². The molecule has 1 fully saturated rings. The second kappa shape index (κ2) is 9.88. The van der Waals surface area contributed by atoms with E-state index >= 15 is 0 Å². The van der Waals surface area contributed by atoms with Crippen LogP contribution in [0, 0.1) is 0 Å². The van der Waals surface area contributed by atoms with Crippen LogP contribution >= 0.6 is 23.5 Å². The third-order valence-corrected chi connectivity index (χ3v) is 7.95. The SMILES string of the molecule is Nc1ccccc1CC(=O)NC1C(=O)N2C(C(=O)O)=C(CSc3nnc(CS(=O)(=O)O)o3)CS[C@H]12. The van der Waals surface area contributed by atoms with Crippen LogP contribution in [-0.2, 0) is 36.7 Å². The van der Waals surface area contributed by atoms with E-state index in [4.69, 9.17) is 14.7 Å². The lowest BCUT2D eigenvalue weighted by atomic mass is 10.0. The Kier molecular flexibility index (Phi) is 7.07. The number of nitrogen functional groups attached to an aromatic ring is 1. The number of aliphatic carboxylic acids is 1. The molecule has 0 bridgehead atoms. The van der Waals surface area contributed by atoms with Crippen LogP contribution in [0.2, 0.25) is 0 Å². The van der Waals surface area contributed by atoms with Crippen LogP contribution in [0.1, 0.15) is 11.5 Å². The molecule has 1 aromatic heterocycles. The number of carboxylic acid groups (broad SMARTS) is 1. The van der Waals surface area contributed by atoms with Crippen molar-refractivity contribution in [1.82, 2.24) is 20.4 Å². The van der Waals surface area contributed by atoms with Crippen molar-refractivity contribution in [3.63, 3.8) is 0 Å². The molecule has 2 aliphatic heterocycles. The summed E-state index contributed by atoms with van der Waals surface area (Å²) in [5, 5.41) is 19.0. The molecule has 186 valence electrons. The number of carbonyl (C=O) groups is 3. The summed E-state index contributed by atoms with van der Waals surface area (Å²) >= 11 is 2.27. The largest absolute Gasteiger partial charge is 0.477 e. The number of hydrogen-bond acceptors (Lipinski definition) is 11. The first-order valence-corrected chi connectivity index (χ1v) is 13.6. The number of aromatic nitrogens is 2. The number of thioether (sulfide) groups is 2. The van der Waals surface area contributed by atoms with Gasteiger partial charge >= 0.3 is 5.97 Å². The summed E-state index contributed by atoms with van der Waals surface area (Å²) in [5.74, 6) is -3.03. The third-order valence-electron chi connectivity index (χ3n) is 5.10. The molecule has 5 N–H and O–H groups in total. The molecular weight excluding hydrogens is 522 g/mol. The monoisotopic (exact) mass is 541 g/mol. The van der Waals surface area contributed by atoms with Gasteiger partial charge in [-0.2, -0.15) is 8.42 Å². The van der Waals surface area contributed by atoms with Gasteiger partial charge in [-0.3, -0.25) is 19.0 Å². The molecule has 4 rings (SSSR count). The van der Waals surface area contributed by atoms with Gasteiger partial charge in [0, 0.05) is 17.2 Å². The zero-order chi connectivity index (χ0) is 25.3. The second-order valence-electron chi connectivity index (χ2n) is 7.56. The van der Waals surface area contributed by atoms with Gasteiger partial charge in [0.05, 0.1) is 6.42 Å². The fraction of sp³-hybridized carbons (Fsp3) is 0.316. The summed E-state index contributed by atoms with van der Waals surface area (Å²) in [6.07, 6.45) is -0.0128. The van der Waals surface area contributed by atoms with Crippen molar-refractivity contribution in [3.8, 4) is 0 Å². The Morgan fingerprint density at radius 2 is 2.06 bits per heavy atom. The van der Waals surface area contributed by atoms with E-state index in [0.29, 0.717) is 16.8 Å². The number of hydrogen-bond donors (Lipinski definition) is 4. The van der Waals surface area contributed by atoms with Crippen LogP contribution in [0.3, 0.4) is 0 Å². The third kappa shape index (κ3) is 5.61. The Bertz CT molecular complexity index is 1330. The minimum atomic E-state index is -4.34.